The molecule has 2 amide bonds. The smallest absolute Gasteiger partial charge is 0.343 e. The number of hydrogen-bond donors (Lipinski definition) is 2. The van der Waals surface area contributed by atoms with E-state index in [-0.39, 0.29) is 22.2 Å². The number of esters is 1. The second-order valence-electron chi connectivity index (χ2n) is 6.18. The molecule has 8 nitrogen and oxygen atoms in total. The maximum absolute atomic E-state index is 12.6. The lowest BCUT2D eigenvalue weighted by Crippen LogP contribution is -2.51. The normalized spacial score (nSPS) is 13.3. The van der Waals surface area contributed by atoms with E-state index in [1.807, 2.05) is 0 Å². The van der Waals surface area contributed by atoms with E-state index >= 15 is 0 Å². The number of benzene rings is 2. The molecule has 1 heterocycles. The first-order chi connectivity index (χ1) is 14.8. The number of ether oxygens (including phenoxy) is 3. The Balaban J connectivity index is 1.92. The van der Waals surface area contributed by atoms with Crippen LogP contribution in [-0.2, 0) is 9.59 Å². The van der Waals surface area contributed by atoms with Crippen LogP contribution in [0.5, 0.6) is 17.2 Å². The lowest BCUT2D eigenvalue weighted by atomic mass is 10.1. The van der Waals surface area contributed by atoms with E-state index < -0.39 is 17.8 Å². The molecule has 3 rings (SSSR count). The number of methoxy groups -OCH3 is 1. The Kier molecular flexibility index (Phi) is 7.03. The predicted molar refractivity (Wildman–Crippen MR) is 120 cm³/mol. The second-order valence-corrected chi connectivity index (χ2v) is 7.44. The first-order valence-corrected chi connectivity index (χ1v) is 10.2. The van der Waals surface area contributed by atoms with Crippen molar-refractivity contribution in [2.24, 2.45) is 0 Å². The van der Waals surface area contributed by atoms with E-state index in [2.05, 4.69) is 26.6 Å². The van der Waals surface area contributed by atoms with Crippen LogP contribution in [0.3, 0.4) is 0 Å². The number of halogens is 1. The molecule has 160 valence electrons. The summed E-state index contributed by atoms with van der Waals surface area (Å²) in [5.41, 5.74) is 0.687. The maximum atomic E-state index is 12.6. The number of hydrogen-bond acceptors (Lipinski definition) is 7. The molecule has 0 saturated carbocycles. The summed E-state index contributed by atoms with van der Waals surface area (Å²) in [6.07, 6.45) is 1.38. The lowest BCUT2D eigenvalue weighted by molar-refractivity contribution is -0.123. The van der Waals surface area contributed by atoms with Crippen molar-refractivity contribution >= 4 is 57.1 Å². The third-order valence-corrected chi connectivity index (χ3v) is 4.90. The summed E-state index contributed by atoms with van der Waals surface area (Å²) < 4.78 is 16.6. The molecule has 0 radical (unpaired) electrons. The first kappa shape index (κ1) is 22.4. The number of carbonyl (C=O) groups excluding carboxylic acids is 3. The van der Waals surface area contributed by atoms with Crippen LogP contribution in [0.2, 0.25) is 0 Å². The third-order valence-electron chi connectivity index (χ3n) is 4.11. The molecule has 31 heavy (non-hydrogen) atoms. The monoisotopic (exact) mass is 504 g/mol. The van der Waals surface area contributed by atoms with Crippen LogP contribution >= 0.6 is 28.1 Å². The predicted octanol–water partition coefficient (Wildman–Crippen LogP) is 2.99. The summed E-state index contributed by atoms with van der Waals surface area (Å²) in [7, 11) is 1.53. The Morgan fingerprint density at radius 2 is 1.77 bits per heavy atom. The highest BCUT2D eigenvalue weighted by atomic mass is 79.9. The first-order valence-electron chi connectivity index (χ1n) is 9.03. The van der Waals surface area contributed by atoms with Crippen molar-refractivity contribution in [3.05, 3.63) is 57.6 Å². The van der Waals surface area contributed by atoms with Crippen LogP contribution in [-0.4, -0.2) is 36.6 Å². The van der Waals surface area contributed by atoms with Gasteiger partial charge in [-0.15, -0.1) is 0 Å². The maximum Gasteiger partial charge on any atom is 0.343 e. The Labute approximate surface area is 191 Å². The van der Waals surface area contributed by atoms with E-state index in [9.17, 15) is 14.4 Å². The summed E-state index contributed by atoms with van der Waals surface area (Å²) in [6.45, 7) is 2.08. The highest BCUT2D eigenvalue weighted by Gasteiger charge is 2.26. The van der Waals surface area contributed by atoms with Crippen molar-refractivity contribution in [1.29, 1.82) is 0 Å². The zero-order chi connectivity index (χ0) is 22.5. The van der Waals surface area contributed by atoms with E-state index in [4.69, 9.17) is 26.4 Å². The van der Waals surface area contributed by atoms with Crippen molar-refractivity contribution in [1.82, 2.24) is 10.6 Å². The van der Waals surface area contributed by atoms with Gasteiger partial charge in [0.1, 0.15) is 11.3 Å². The molecule has 2 N–H and O–H groups in total. The summed E-state index contributed by atoms with van der Waals surface area (Å²) in [5.74, 6) is -0.770. The number of carbonyl (C=O) groups is 3. The molecular weight excluding hydrogens is 488 g/mol. The zero-order valence-electron chi connectivity index (χ0n) is 16.5. The van der Waals surface area contributed by atoms with Gasteiger partial charge in [-0.1, -0.05) is 0 Å². The van der Waals surface area contributed by atoms with E-state index in [0.717, 1.165) is 0 Å². The minimum absolute atomic E-state index is 0.0517. The van der Waals surface area contributed by atoms with Gasteiger partial charge in [0.25, 0.3) is 11.8 Å². The van der Waals surface area contributed by atoms with Gasteiger partial charge in [0.05, 0.1) is 23.8 Å². The van der Waals surface area contributed by atoms with Gasteiger partial charge >= 0.3 is 5.97 Å². The molecule has 2 aromatic carbocycles. The fraction of sp³-hybridized carbons (Fsp3) is 0.143. The average molecular weight is 505 g/mol. The van der Waals surface area contributed by atoms with Crippen molar-refractivity contribution in [3.63, 3.8) is 0 Å². The number of amides is 2. The Morgan fingerprint density at radius 3 is 2.35 bits per heavy atom. The fourth-order valence-electron chi connectivity index (χ4n) is 2.69. The van der Waals surface area contributed by atoms with Gasteiger partial charge in [0, 0.05) is 0 Å². The zero-order valence-corrected chi connectivity index (χ0v) is 18.9. The van der Waals surface area contributed by atoms with Crippen LogP contribution in [0.25, 0.3) is 6.08 Å². The molecular formula is C21H17BrN2O6S. The number of nitrogens with one attached hydrogen (secondary N) is 2. The van der Waals surface area contributed by atoms with Gasteiger partial charge in [-0.25, -0.2) is 4.79 Å². The van der Waals surface area contributed by atoms with Crippen LogP contribution in [0.4, 0.5) is 0 Å². The van der Waals surface area contributed by atoms with Crippen LogP contribution in [0.1, 0.15) is 22.8 Å². The Hall–Kier alpha value is -3.24. The molecule has 0 aromatic heterocycles. The van der Waals surface area contributed by atoms with Crippen molar-refractivity contribution in [2.75, 3.05) is 13.7 Å². The molecule has 1 aliphatic rings. The molecule has 2 aromatic rings. The molecule has 0 atom stereocenters. The van der Waals surface area contributed by atoms with E-state index in [1.165, 1.54) is 13.2 Å². The van der Waals surface area contributed by atoms with Gasteiger partial charge in [0.15, 0.2) is 16.6 Å². The second kappa shape index (κ2) is 9.71. The molecule has 10 heteroatoms. The van der Waals surface area contributed by atoms with Gasteiger partial charge in [-0.05, 0) is 83.1 Å². The van der Waals surface area contributed by atoms with Gasteiger partial charge in [-0.2, -0.15) is 0 Å². The lowest BCUT2D eigenvalue weighted by Gasteiger charge is -2.17. The standard InChI is InChI=1S/C21H17BrN2O6S/c1-3-29-16-10-11(8-14-18(25)23-21(31)24-19(14)26)9-15(22)17(16)30-20(27)12-4-6-13(28-2)7-5-12/h4-10H,3H2,1-2H3,(H2,23,24,25,26,31). The van der Waals surface area contributed by atoms with Gasteiger partial charge in [0.2, 0.25) is 0 Å². The Bertz CT molecular complexity index is 1080. The highest BCUT2D eigenvalue weighted by Crippen LogP contribution is 2.38. The molecule has 0 bridgehead atoms. The molecule has 1 fully saturated rings. The molecule has 0 aliphatic carbocycles. The average Bonchev–Trinajstić information content (AvgIpc) is 2.73. The van der Waals surface area contributed by atoms with Crippen molar-refractivity contribution < 1.29 is 28.6 Å². The number of rotatable bonds is 6. The molecule has 1 aliphatic heterocycles. The quantitative estimate of drug-likeness (QED) is 0.205. The van der Waals surface area contributed by atoms with Gasteiger partial charge in [-0.3, -0.25) is 20.2 Å². The van der Waals surface area contributed by atoms with E-state index in [1.54, 1.807) is 43.3 Å². The van der Waals surface area contributed by atoms with Gasteiger partial charge < -0.3 is 14.2 Å². The molecule has 1 saturated heterocycles. The highest BCUT2D eigenvalue weighted by molar-refractivity contribution is 9.10. The van der Waals surface area contributed by atoms with Crippen LogP contribution in [0.15, 0.2) is 46.4 Å². The van der Waals surface area contributed by atoms with E-state index in [0.29, 0.717) is 28.0 Å². The minimum Gasteiger partial charge on any atom is -0.497 e. The summed E-state index contributed by atoms with van der Waals surface area (Å²) in [4.78, 5) is 36.7. The van der Waals surface area contributed by atoms with Crippen molar-refractivity contribution in [3.8, 4) is 17.2 Å². The summed E-state index contributed by atoms with van der Waals surface area (Å²) in [5, 5.41) is 4.69. The Morgan fingerprint density at radius 1 is 1.13 bits per heavy atom. The van der Waals surface area contributed by atoms with Crippen molar-refractivity contribution in [2.45, 2.75) is 6.92 Å². The minimum atomic E-state index is -0.613. The SMILES string of the molecule is CCOc1cc(C=C2C(=O)NC(=S)NC2=O)cc(Br)c1OC(=O)c1ccc(OC)cc1. The topological polar surface area (TPSA) is 103 Å². The van der Waals surface area contributed by atoms with Crippen LogP contribution < -0.4 is 24.8 Å². The third kappa shape index (κ3) is 5.28. The molecule has 0 spiro atoms. The summed E-state index contributed by atoms with van der Waals surface area (Å²) >= 11 is 8.16. The summed E-state index contributed by atoms with van der Waals surface area (Å²) in [6, 6.07) is 9.62. The van der Waals surface area contributed by atoms with Crippen LogP contribution in [0, 0.1) is 0 Å². The largest absolute Gasteiger partial charge is 0.497 e. The molecule has 0 unspecified atom stereocenters. The number of thiocarbonyl (C=S) groups is 1. The fourth-order valence-corrected chi connectivity index (χ4v) is 3.41.